The van der Waals surface area contributed by atoms with Crippen molar-refractivity contribution in [2.75, 3.05) is 0 Å². The summed E-state index contributed by atoms with van der Waals surface area (Å²) in [6, 6.07) is 9.01. The van der Waals surface area contributed by atoms with E-state index in [0.29, 0.717) is 0 Å². The molecule has 1 aromatic heterocycles. The maximum Gasteiger partial charge on any atom is 0.363 e. The predicted molar refractivity (Wildman–Crippen MR) is 45.4 cm³/mol. The van der Waals surface area contributed by atoms with Gasteiger partial charge in [0.1, 0.15) is 0 Å². The van der Waals surface area contributed by atoms with Crippen LogP contribution in [0.25, 0.3) is 10.1 Å². The van der Waals surface area contributed by atoms with Crippen LogP contribution in [0.2, 0.25) is 0 Å². The number of rotatable bonds is 0. The number of aromatic hydroxyl groups is 1. The first-order chi connectivity index (χ1) is 5.29. The molecule has 0 amide bonds. The Morgan fingerprint density at radius 3 is 2.64 bits per heavy atom. The van der Waals surface area contributed by atoms with Crippen molar-refractivity contribution in [1.82, 2.24) is 0 Å². The first-order valence-corrected chi connectivity index (χ1v) is 4.40. The van der Waals surface area contributed by atoms with Crippen LogP contribution in [0.5, 0.6) is 5.06 Å². The Bertz CT molecular complexity index is 392. The van der Waals surface area contributed by atoms with Crippen LogP contribution in [0, 0.1) is 0 Å². The van der Waals surface area contributed by atoms with Crippen molar-refractivity contribution in [2.45, 2.75) is 0 Å². The second-order valence-electron chi connectivity index (χ2n) is 2.31. The highest BCUT2D eigenvalue weighted by molar-refractivity contribution is 7.33. The molecule has 1 atom stereocenters. The number of hydrogen-bond donors (Lipinski definition) is 2. The summed E-state index contributed by atoms with van der Waals surface area (Å²) >= 11 is 0. The van der Waals surface area contributed by atoms with E-state index in [-0.39, 0.29) is 5.06 Å². The fourth-order valence-corrected chi connectivity index (χ4v) is 2.10. The molecule has 56 valence electrons. The van der Waals surface area contributed by atoms with E-state index in [0.717, 1.165) is 10.1 Å². The van der Waals surface area contributed by atoms with Crippen molar-refractivity contribution in [3.05, 3.63) is 30.3 Å². The predicted octanol–water partition coefficient (Wildman–Crippen LogP) is 2.43. The number of thiophene rings is 1. The Balaban J connectivity index is 2.92. The van der Waals surface area contributed by atoms with Crippen LogP contribution >= 0.6 is 10.8 Å². The van der Waals surface area contributed by atoms with E-state index in [1.165, 1.54) is 0 Å². The van der Waals surface area contributed by atoms with Gasteiger partial charge in [0.25, 0.3) is 0 Å². The van der Waals surface area contributed by atoms with E-state index < -0.39 is 10.8 Å². The van der Waals surface area contributed by atoms with Gasteiger partial charge < -0.3 is 5.11 Å². The third kappa shape index (κ3) is 0.895. The van der Waals surface area contributed by atoms with Gasteiger partial charge in [0.2, 0.25) is 4.70 Å². The van der Waals surface area contributed by atoms with Crippen LogP contribution in [0.15, 0.2) is 30.3 Å². The van der Waals surface area contributed by atoms with Crippen LogP contribution in [0.1, 0.15) is 0 Å². The summed E-state index contributed by atoms with van der Waals surface area (Å²) < 4.78 is 10.2. The van der Waals surface area contributed by atoms with Gasteiger partial charge in [0.15, 0.2) is 10.8 Å². The molecule has 0 bridgehead atoms. The van der Waals surface area contributed by atoms with Crippen molar-refractivity contribution in [3.63, 3.8) is 0 Å². The van der Waals surface area contributed by atoms with Crippen molar-refractivity contribution in [3.8, 4) is 5.06 Å². The molecular formula is C8H7O2S+. The first-order valence-electron chi connectivity index (χ1n) is 3.22. The Hall–Kier alpha value is -1.06. The second kappa shape index (κ2) is 2.22. The molecule has 0 aliphatic carbocycles. The number of fused-ring (bicyclic) bond motifs is 1. The van der Waals surface area contributed by atoms with E-state index in [1.807, 2.05) is 24.3 Å². The number of benzene rings is 1. The van der Waals surface area contributed by atoms with Gasteiger partial charge in [0.05, 0.1) is 6.07 Å². The Morgan fingerprint density at radius 1 is 1.18 bits per heavy atom. The fraction of sp³-hybridized carbons (Fsp3) is 0. The van der Waals surface area contributed by atoms with Gasteiger partial charge >= 0.3 is 5.06 Å². The van der Waals surface area contributed by atoms with Gasteiger partial charge in [-0.15, -0.1) is 0 Å². The second-order valence-corrected chi connectivity index (χ2v) is 3.73. The maximum atomic E-state index is 9.36. The molecule has 0 fully saturated rings. The Kier molecular flexibility index (Phi) is 1.34. The van der Waals surface area contributed by atoms with Crippen LogP contribution < -0.4 is 0 Å². The third-order valence-electron chi connectivity index (χ3n) is 1.60. The summed E-state index contributed by atoms with van der Waals surface area (Å²) in [6.07, 6.45) is 0. The zero-order valence-corrected chi connectivity index (χ0v) is 6.51. The lowest BCUT2D eigenvalue weighted by molar-refractivity contribution is 0.481. The quantitative estimate of drug-likeness (QED) is 0.591. The fourth-order valence-electron chi connectivity index (χ4n) is 1.08. The van der Waals surface area contributed by atoms with E-state index in [2.05, 4.69) is 0 Å². The molecule has 0 aliphatic rings. The van der Waals surface area contributed by atoms with E-state index in [1.54, 1.807) is 6.07 Å². The normalized spacial score (nSPS) is 12.3. The Labute approximate surface area is 66.5 Å². The molecule has 0 saturated carbocycles. The van der Waals surface area contributed by atoms with Crippen LogP contribution in [0.3, 0.4) is 0 Å². The molecule has 0 radical (unpaired) electrons. The summed E-state index contributed by atoms with van der Waals surface area (Å²) in [4.78, 5) is 0. The lowest BCUT2D eigenvalue weighted by Gasteiger charge is -1.78. The Morgan fingerprint density at radius 2 is 1.91 bits per heavy atom. The minimum atomic E-state index is -1.08. The van der Waals surface area contributed by atoms with Gasteiger partial charge in [-0.1, -0.05) is 12.1 Å². The molecule has 2 nitrogen and oxygen atoms in total. The van der Waals surface area contributed by atoms with Gasteiger partial charge in [-0.2, -0.15) is 4.55 Å². The standard InChI is InChI=1S/C8H6O2S/c9-8-5-6-3-1-2-4-7(6)11(8)10/h1-5,10H/p+1. The molecular weight excluding hydrogens is 160 g/mol. The van der Waals surface area contributed by atoms with E-state index >= 15 is 0 Å². The smallest absolute Gasteiger partial charge is 0.363 e. The lowest BCUT2D eigenvalue weighted by Crippen LogP contribution is -1.59. The lowest BCUT2D eigenvalue weighted by atomic mass is 10.3. The topological polar surface area (TPSA) is 40.5 Å². The summed E-state index contributed by atoms with van der Waals surface area (Å²) in [5, 5.41) is 10.1. The minimum absolute atomic E-state index is 0.0613. The molecule has 0 aliphatic heterocycles. The molecule has 1 unspecified atom stereocenters. The van der Waals surface area contributed by atoms with Crippen LogP contribution in [0.4, 0.5) is 0 Å². The molecule has 2 aromatic rings. The van der Waals surface area contributed by atoms with Crippen LogP contribution in [-0.4, -0.2) is 9.66 Å². The molecule has 3 heteroatoms. The summed E-state index contributed by atoms with van der Waals surface area (Å²) in [7, 11) is -1.08. The average molecular weight is 167 g/mol. The monoisotopic (exact) mass is 167 g/mol. The van der Waals surface area contributed by atoms with E-state index in [4.69, 9.17) is 5.11 Å². The van der Waals surface area contributed by atoms with Gasteiger partial charge in [0, 0.05) is 11.5 Å². The van der Waals surface area contributed by atoms with Crippen molar-refractivity contribution < 1.29 is 9.66 Å². The zero-order valence-electron chi connectivity index (χ0n) is 5.69. The number of hydrogen-bond acceptors (Lipinski definition) is 2. The molecule has 1 heterocycles. The third-order valence-corrected chi connectivity index (χ3v) is 2.91. The van der Waals surface area contributed by atoms with Crippen molar-refractivity contribution in [2.24, 2.45) is 0 Å². The SMILES string of the molecule is Oc1cc2ccccc2[s+]1O. The summed E-state index contributed by atoms with van der Waals surface area (Å²) in [5.74, 6) is 0. The van der Waals surface area contributed by atoms with Gasteiger partial charge in [-0.05, 0) is 6.07 Å². The first kappa shape index (κ1) is 6.64. The zero-order chi connectivity index (χ0) is 7.84. The van der Waals surface area contributed by atoms with Crippen LogP contribution in [-0.2, 0) is 0 Å². The molecule has 2 N–H and O–H groups in total. The molecule has 11 heavy (non-hydrogen) atoms. The minimum Gasteiger partial charge on any atom is -0.467 e. The highest BCUT2D eigenvalue weighted by Crippen LogP contribution is 2.38. The molecule has 2 rings (SSSR count). The largest absolute Gasteiger partial charge is 0.467 e. The van der Waals surface area contributed by atoms with Gasteiger partial charge in [-0.25, -0.2) is 0 Å². The highest BCUT2D eigenvalue weighted by atomic mass is 32.2. The molecule has 0 spiro atoms. The summed E-state index contributed by atoms with van der Waals surface area (Å²) in [5.41, 5.74) is 0. The van der Waals surface area contributed by atoms with Gasteiger partial charge in [-0.3, -0.25) is 0 Å². The van der Waals surface area contributed by atoms with E-state index in [9.17, 15) is 4.55 Å². The molecule has 0 saturated heterocycles. The maximum absolute atomic E-state index is 9.36. The average Bonchev–Trinajstić information content (AvgIpc) is 2.30. The molecule has 1 aromatic carbocycles. The summed E-state index contributed by atoms with van der Waals surface area (Å²) in [6.45, 7) is 0. The van der Waals surface area contributed by atoms with Crippen molar-refractivity contribution >= 4 is 20.8 Å². The van der Waals surface area contributed by atoms with Crippen molar-refractivity contribution in [1.29, 1.82) is 0 Å². The highest BCUT2D eigenvalue weighted by Gasteiger charge is 2.17.